The van der Waals surface area contributed by atoms with Gasteiger partial charge in [0.15, 0.2) is 0 Å². The van der Waals surface area contributed by atoms with Gasteiger partial charge >= 0.3 is 6.09 Å². The lowest BCUT2D eigenvalue weighted by atomic mass is 10.1. The van der Waals surface area contributed by atoms with Gasteiger partial charge in [0.1, 0.15) is 6.10 Å². The maximum absolute atomic E-state index is 12.3. The van der Waals surface area contributed by atoms with Crippen molar-refractivity contribution in [3.8, 4) is 0 Å². The Morgan fingerprint density at radius 2 is 1.67 bits per heavy atom. The molecule has 0 bridgehead atoms. The number of carbonyl (C=O) groups is 1. The number of anilines is 1. The number of hydrogen-bond acceptors (Lipinski definition) is 2. The van der Waals surface area contributed by atoms with Crippen molar-refractivity contribution in [2.45, 2.75) is 25.9 Å². The van der Waals surface area contributed by atoms with E-state index in [1.807, 2.05) is 67.6 Å². The Labute approximate surface area is 142 Å². The number of carbonyl (C=O) groups excluding carboxylic acids is 1. The summed E-state index contributed by atoms with van der Waals surface area (Å²) in [6.45, 7) is 2.03. The van der Waals surface area contributed by atoms with Crippen LogP contribution in [0.5, 0.6) is 0 Å². The number of benzene rings is 3. The molecule has 0 saturated heterocycles. The molecule has 0 aliphatic rings. The molecule has 0 saturated carbocycles. The normalized spacial score (nSPS) is 11.9. The molecule has 24 heavy (non-hydrogen) atoms. The van der Waals surface area contributed by atoms with Crippen molar-refractivity contribution in [2.24, 2.45) is 0 Å². The molecule has 0 spiro atoms. The molecule has 3 aromatic rings. The molecule has 122 valence electrons. The lowest BCUT2D eigenvalue weighted by Gasteiger charge is -2.17. The molecular formula is C21H21NO2. The Balaban J connectivity index is 1.67. The summed E-state index contributed by atoms with van der Waals surface area (Å²) in [6.07, 6.45) is 0.953. The molecule has 0 radical (unpaired) electrons. The molecular weight excluding hydrogens is 298 g/mol. The first-order valence-corrected chi connectivity index (χ1v) is 8.25. The van der Waals surface area contributed by atoms with Crippen molar-refractivity contribution in [3.05, 3.63) is 78.4 Å². The highest BCUT2D eigenvalue weighted by molar-refractivity contribution is 6.00. The van der Waals surface area contributed by atoms with Crippen molar-refractivity contribution in [1.29, 1.82) is 0 Å². The summed E-state index contributed by atoms with van der Waals surface area (Å²) in [5.74, 6) is 0. The van der Waals surface area contributed by atoms with E-state index in [2.05, 4.69) is 17.4 Å². The van der Waals surface area contributed by atoms with E-state index in [1.165, 1.54) is 5.56 Å². The minimum absolute atomic E-state index is 0.137. The zero-order valence-electron chi connectivity index (χ0n) is 13.7. The number of rotatable bonds is 5. The van der Waals surface area contributed by atoms with Crippen LogP contribution in [0.15, 0.2) is 72.8 Å². The lowest BCUT2D eigenvalue weighted by Crippen LogP contribution is -2.23. The van der Waals surface area contributed by atoms with Gasteiger partial charge in [0, 0.05) is 11.8 Å². The molecule has 0 aromatic heterocycles. The van der Waals surface area contributed by atoms with Gasteiger partial charge in [-0.3, -0.25) is 5.32 Å². The van der Waals surface area contributed by atoms with Gasteiger partial charge in [-0.2, -0.15) is 0 Å². The van der Waals surface area contributed by atoms with Gasteiger partial charge in [0.25, 0.3) is 0 Å². The Morgan fingerprint density at radius 3 is 2.46 bits per heavy atom. The van der Waals surface area contributed by atoms with E-state index in [-0.39, 0.29) is 6.10 Å². The van der Waals surface area contributed by atoms with Crippen LogP contribution in [-0.4, -0.2) is 12.2 Å². The van der Waals surface area contributed by atoms with Crippen LogP contribution in [0.1, 0.15) is 18.9 Å². The number of nitrogens with one attached hydrogen (secondary N) is 1. The molecule has 3 heteroatoms. The van der Waals surface area contributed by atoms with E-state index in [4.69, 9.17) is 4.74 Å². The summed E-state index contributed by atoms with van der Waals surface area (Å²) in [7, 11) is 0. The van der Waals surface area contributed by atoms with Crippen LogP contribution >= 0.6 is 0 Å². The quantitative estimate of drug-likeness (QED) is 0.683. The summed E-state index contributed by atoms with van der Waals surface area (Å²) in [5, 5.41) is 4.97. The maximum atomic E-state index is 12.3. The topological polar surface area (TPSA) is 38.3 Å². The molecule has 3 aromatic carbocycles. The van der Waals surface area contributed by atoms with E-state index < -0.39 is 6.09 Å². The summed E-state index contributed by atoms with van der Waals surface area (Å²) in [5.41, 5.74) is 1.94. The van der Waals surface area contributed by atoms with E-state index in [0.717, 1.165) is 29.3 Å². The van der Waals surface area contributed by atoms with Crippen LogP contribution in [0.3, 0.4) is 0 Å². The number of amides is 1. The second-order valence-corrected chi connectivity index (χ2v) is 5.78. The monoisotopic (exact) mass is 319 g/mol. The van der Waals surface area contributed by atoms with Crippen LogP contribution < -0.4 is 5.32 Å². The first-order chi connectivity index (χ1) is 11.8. The summed E-state index contributed by atoms with van der Waals surface area (Å²) in [4.78, 5) is 12.3. The molecule has 3 nitrogen and oxygen atoms in total. The van der Waals surface area contributed by atoms with Crippen LogP contribution in [0.25, 0.3) is 10.8 Å². The number of ether oxygens (including phenoxy) is 1. The first-order valence-electron chi connectivity index (χ1n) is 8.25. The molecule has 0 unspecified atom stereocenters. The third kappa shape index (κ3) is 3.93. The minimum Gasteiger partial charge on any atom is -0.446 e. The Bertz CT molecular complexity index is 809. The SMILES string of the molecule is CC[C@@H](Cc1ccccc1)OC(=O)Nc1cccc2ccccc12. The van der Waals surface area contributed by atoms with Crippen molar-refractivity contribution in [2.75, 3.05) is 5.32 Å². The Kier molecular flexibility index (Phi) is 5.12. The van der Waals surface area contributed by atoms with Crippen molar-refractivity contribution in [1.82, 2.24) is 0 Å². The molecule has 0 fully saturated rings. The van der Waals surface area contributed by atoms with Gasteiger partial charge in [-0.1, -0.05) is 73.7 Å². The minimum atomic E-state index is -0.408. The van der Waals surface area contributed by atoms with Crippen molar-refractivity contribution < 1.29 is 9.53 Å². The van der Waals surface area contributed by atoms with E-state index in [9.17, 15) is 4.79 Å². The van der Waals surface area contributed by atoms with E-state index in [0.29, 0.717) is 0 Å². The van der Waals surface area contributed by atoms with E-state index in [1.54, 1.807) is 0 Å². The molecule has 1 amide bonds. The molecule has 3 rings (SSSR count). The van der Waals surface area contributed by atoms with Gasteiger partial charge in [0.2, 0.25) is 0 Å². The van der Waals surface area contributed by atoms with Gasteiger partial charge in [-0.25, -0.2) is 4.79 Å². The lowest BCUT2D eigenvalue weighted by molar-refractivity contribution is 0.108. The molecule has 0 aliphatic heterocycles. The largest absolute Gasteiger partial charge is 0.446 e. The highest BCUT2D eigenvalue weighted by Gasteiger charge is 2.14. The Hall–Kier alpha value is -2.81. The van der Waals surface area contributed by atoms with Crippen LogP contribution in [0, 0.1) is 0 Å². The zero-order chi connectivity index (χ0) is 16.8. The van der Waals surface area contributed by atoms with Gasteiger partial charge in [0.05, 0.1) is 5.69 Å². The zero-order valence-corrected chi connectivity index (χ0v) is 13.7. The van der Waals surface area contributed by atoms with Crippen LogP contribution in [0.2, 0.25) is 0 Å². The fourth-order valence-corrected chi connectivity index (χ4v) is 2.77. The molecule has 1 atom stereocenters. The highest BCUT2D eigenvalue weighted by atomic mass is 16.6. The van der Waals surface area contributed by atoms with Crippen molar-refractivity contribution >= 4 is 22.6 Å². The number of fused-ring (bicyclic) bond motifs is 1. The van der Waals surface area contributed by atoms with Crippen LogP contribution in [-0.2, 0) is 11.2 Å². The summed E-state index contributed by atoms with van der Waals surface area (Å²) < 4.78 is 5.61. The second kappa shape index (κ2) is 7.64. The fraction of sp³-hybridized carbons (Fsp3) is 0.190. The smallest absolute Gasteiger partial charge is 0.411 e. The van der Waals surface area contributed by atoms with Gasteiger partial charge < -0.3 is 4.74 Å². The molecule has 1 N–H and O–H groups in total. The van der Waals surface area contributed by atoms with Gasteiger partial charge in [-0.05, 0) is 23.4 Å². The third-order valence-electron chi connectivity index (χ3n) is 4.06. The average molecular weight is 319 g/mol. The summed E-state index contributed by atoms with van der Waals surface area (Å²) in [6, 6.07) is 23.9. The molecule has 0 aliphatic carbocycles. The standard InChI is InChI=1S/C21H21NO2/c1-2-18(15-16-9-4-3-5-10-16)24-21(23)22-20-14-8-12-17-11-6-7-13-19(17)20/h3-14,18H,2,15H2,1H3,(H,22,23)/t18-/m0/s1. The third-order valence-corrected chi connectivity index (χ3v) is 4.06. The number of hydrogen-bond donors (Lipinski definition) is 1. The van der Waals surface area contributed by atoms with Crippen LogP contribution in [0.4, 0.5) is 10.5 Å². The second-order valence-electron chi connectivity index (χ2n) is 5.78. The van der Waals surface area contributed by atoms with E-state index >= 15 is 0 Å². The maximum Gasteiger partial charge on any atom is 0.411 e. The molecule has 0 heterocycles. The van der Waals surface area contributed by atoms with Gasteiger partial charge in [-0.15, -0.1) is 0 Å². The highest BCUT2D eigenvalue weighted by Crippen LogP contribution is 2.23. The first kappa shape index (κ1) is 16.1. The predicted octanol–water partition coefficient (Wildman–Crippen LogP) is 5.41. The summed E-state index contributed by atoms with van der Waals surface area (Å²) >= 11 is 0. The Morgan fingerprint density at radius 1 is 0.958 bits per heavy atom. The predicted molar refractivity (Wildman–Crippen MR) is 98.3 cm³/mol. The van der Waals surface area contributed by atoms with Crippen molar-refractivity contribution in [3.63, 3.8) is 0 Å². The fourth-order valence-electron chi connectivity index (χ4n) is 2.77. The average Bonchev–Trinajstić information content (AvgIpc) is 2.62.